The minimum absolute atomic E-state index is 0.239. The topological polar surface area (TPSA) is 54.2 Å². The third kappa shape index (κ3) is 2.80. The van der Waals surface area contributed by atoms with Crippen LogP contribution in [0.3, 0.4) is 0 Å². The lowest BCUT2D eigenvalue weighted by molar-refractivity contribution is 0.213. The molecule has 1 aromatic heterocycles. The minimum Gasteiger partial charge on any atom is -0.419 e. The number of rotatable bonds is 3. The van der Waals surface area contributed by atoms with Crippen LogP contribution in [0.15, 0.2) is 28.7 Å². The fourth-order valence-corrected chi connectivity index (χ4v) is 2.12. The number of hydrogen-bond acceptors (Lipinski definition) is 5. The lowest BCUT2D eigenvalue weighted by atomic mass is 10.2. The van der Waals surface area contributed by atoms with E-state index in [1.807, 2.05) is 0 Å². The normalized spacial score (nSPS) is 16.7. The van der Waals surface area contributed by atoms with Crippen molar-refractivity contribution in [2.75, 3.05) is 26.2 Å². The maximum absolute atomic E-state index is 13.6. The fraction of sp³-hybridized carbons (Fsp3) is 0.385. The van der Waals surface area contributed by atoms with Gasteiger partial charge in [-0.2, -0.15) is 0 Å². The Kier molecular flexibility index (Phi) is 3.52. The molecule has 0 aliphatic carbocycles. The van der Waals surface area contributed by atoms with Crippen molar-refractivity contribution in [1.82, 2.24) is 20.4 Å². The summed E-state index contributed by atoms with van der Waals surface area (Å²) in [5.74, 6) is 0.420. The summed E-state index contributed by atoms with van der Waals surface area (Å²) in [4.78, 5) is 2.23. The zero-order valence-electron chi connectivity index (χ0n) is 10.5. The summed E-state index contributed by atoms with van der Waals surface area (Å²) in [7, 11) is 0. The molecule has 0 spiro atoms. The van der Waals surface area contributed by atoms with E-state index in [1.54, 1.807) is 18.2 Å². The van der Waals surface area contributed by atoms with Crippen molar-refractivity contribution in [2.45, 2.75) is 6.54 Å². The number of halogens is 1. The van der Waals surface area contributed by atoms with Crippen molar-refractivity contribution in [3.8, 4) is 11.5 Å². The first kappa shape index (κ1) is 12.3. The van der Waals surface area contributed by atoms with Crippen LogP contribution in [-0.2, 0) is 6.54 Å². The van der Waals surface area contributed by atoms with E-state index in [-0.39, 0.29) is 11.7 Å². The van der Waals surface area contributed by atoms with Crippen molar-refractivity contribution < 1.29 is 8.81 Å². The van der Waals surface area contributed by atoms with Gasteiger partial charge in [-0.05, 0) is 12.1 Å². The molecule has 2 aromatic rings. The van der Waals surface area contributed by atoms with Crippen molar-refractivity contribution in [3.05, 3.63) is 36.0 Å². The van der Waals surface area contributed by atoms with Gasteiger partial charge in [-0.15, -0.1) is 10.2 Å². The SMILES string of the molecule is Fc1ccccc1-c1nnc(CN2CCNCC2)o1. The van der Waals surface area contributed by atoms with E-state index in [1.165, 1.54) is 6.07 Å². The zero-order valence-corrected chi connectivity index (χ0v) is 10.5. The highest BCUT2D eigenvalue weighted by Gasteiger charge is 2.16. The molecule has 1 aliphatic heterocycles. The van der Waals surface area contributed by atoms with Gasteiger partial charge >= 0.3 is 0 Å². The van der Waals surface area contributed by atoms with Crippen LogP contribution in [0.2, 0.25) is 0 Å². The molecule has 6 heteroatoms. The monoisotopic (exact) mass is 262 g/mol. The molecular weight excluding hydrogens is 247 g/mol. The van der Waals surface area contributed by atoms with E-state index >= 15 is 0 Å². The molecule has 2 heterocycles. The molecule has 100 valence electrons. The van der Waals surface area contributed by atoms with Crippen LogP contribution in [0.25, 0.3) is 11.5 Å². The van der Waals surface area contributed by atoms with Crippen LogP contribution in [-0.4, -0.2) is 41.3 Å². The van der Waals surface area contributed by atoms with Gasteiger partial charge in [0.05, 0.1) is 12.1 Å². The van der Waals surface area contributed by atoms with Gasteiger partial charge in [-0.25, -0.2) is 4.39 Å². The largest absolute Gasteiger partial charge is 0.419 e. The summed E-state index contributed by atoms with van der Waals surface area (Å²) in [6, 6.07) is 6.41. The number of piperazine rings is 1. The second-order valence-corrected chi connectivity index (χ2v) is 4.51. The second-order valence-electron chi connectivity index (χ2n) is 4.51. The van der Waals surface area contributed by atoms with Gasteiger partial charge in [-0.3, -0.25) is 4.90 Å². The van der Waals surface area contributed by atoms with Gasteiger partial charge < -0.3 is 9.73 Å². The molecular formula is C13H15FN4O. The van der Waals surface area contributed by atoms with Crippen LogP contribution < -0.4 is 5.32 Å². The van der Waals surface area contributed by atoms with Crippen molar-refractivity contribution in [2.24, 2.45) is 0 Å². The Bertz CT molecular complexity index is 551. The smallest absolute Gasteiger partial charge is 0.250 e. The van der Waals surface area contributed by atoms with E-state index < -0.39 is 0 Å². The number of aromatic nitrogens is 2. The maximum Gasteiger partial charge on any atom is 0.250 e. The molecule has 1 aliphatic rings. The van der Waals surface area contributed by atoms with E-state index in [0.29, 0.717) is 18.0 Å². The number of nitrogens with zero attached hydrogens (tertiary/aromatic N) is 3. The predicted octanol–water partition coefficient (Wildman–Crippen LogP) is 1.28. The Balaban J connectivity index is 1.74. The number of hydrogen-bond donors (Lipinski definition) is 1. The van der Waals surface area contributed by atoms with E-state index in [0.717, 1.165) is 26.2 Å². The van der Waals surface area contributed by atoms with Gasteiger partial charge in [0, 0.05) is 26.2 Å². The highest BCUT2D eigenvalue weighted by molar-refractivity contribution is 5.53. The van der Waals surface area contributed by atoms with Crippen LogP contribution in [0.4, 0.5) is 4.39 Å². The average molecular weight is 262 g/mol. The highest BCUT2D eigenvalue weighted by Crippen LogP contribution is 2.21. The summed E-state index contributed by atoms with van der Waals surface area (Å²) >= 11 is 0. The zero-order chi connectivity index (χ0) is 13.1. The van der Waals surface area contributed by atoms with Gasteiger partial charge in [0.25, 0.3) is 5.89 Å². The van der Waals surface area contributed by atoms with Crippen LogP contribution in [0.1, 0.15) is 5.89 Å². The summed E-state index contributed by atoms with van der Waals surface area (Å²) in [5, 5.41) is 11.2. The molecule has 0 unspecified atom stereocenters. The standard InChI is InChI=1S/C13H15FN4O/c14-11-4-2-1-3-10(11)13-17-16-12(19-13)9-18-7-5-15-6-8-18/h1-4,15H,5-9H2. The highest BCUT2D eigenvalue weighted by atomic mass is 19.1. The molecule has 0 radical (unpaired) electrons. The molecule has 3 rings (SSSR count). The third-order valence-corrected chi connectivity index (χ3v) is 3.14. The lowest BCUT2D eigenvalue weighted by Crippen LogP contribution is -2.42. The molecule has 5 nitrogen and oxygen atoms in total. The van der Waals surface area contributed by atoms with Crippen molar-refractivity contribution >= 4 is 0 Å². The minimum atomic E-state index is -0.347. The van der Waals surface area contributed by atoms with E-state index in [4.69, 9.17) is 4.42 Å². The molecule has 1 N–H and O–H groups in total. The van der Waals surface area contributed by atoms with Crippen molar-refractivity contribution in [1.29, 1.82) is 0 Å². The Morgan fingerprint density at radius 3 is 2.79 bits per heavy atom. The molecule has 1 fully saturated rings. The molecule has 1 aromatic carbocycles. The summed E-state index contributed by atoms with van der Waals surface area (Å²) in [6.07, 6.45) is 0. The Morgan fingerprint density at radius 2 is 2.00 bits per heavy atom. The average Bonchev–Trinajstić information content (AvgIpc) is 2.89. The number of nitrogens with one attached hydrogen (secondary N) is 1. The first-order valence-electron chi connectivity index (χ1n) is 6.33. The molecule has 1 saturated heterocycles. The van der Waals surface area contributed by atoms with Gasteiger partial charge in [-0.1, -0.05) is 12.1 Å². The van der Waals surface area contributed by atoms with Gasteiger partial charge in [0.1, 0.15) is 5.82 Å². The third-order valence-electron chi connectivity index (χ3n) is 3.14. The van der Waals surface area contributed by atoms with E-state index in [9.17, 15) is 4.39 Å². The lowest BCUT2D eigenvalue weighted by Gasteiger charge is -2.25. The Morgan fingerprint density at radius 1 is 1.21 bits per heavy atom. The molecule has 0 bridgehead atoms. The Hall–Kier alpha value is -1.79. The van der Waals surface area contributed by atoms with Crippen LogP contribution in [0.5, 0.6) is 0 Å². The number of benzene rings is 1. The van der Waals surface area contributed by atoms with Crippen LogP contribution in [0, 0.1) is 5.82 Å². The molecule has 0 amide bonds. The molecule has 0 saturated carbocycles. The molecule has 19 heavy (non-hydrogen) atoms. The van der Waals surface area contributed by atoms with Crippen LogP contribution >= 0.6 is 0 Å². The van der Waals surface area contributed by atoms with Crippen molar-refractivity contribution in [3.63, 3.8) is 0 Å². The Labute approximate surface area is 110 Å². The first-order valence-corrected chi connectivity index (χ1v) is 6.33. The quantitative estimate of drug-likeness (QED) is 0.903. The van der Waals surface area contributed by atoms with Gasteiger partial charge in [0.15, 0.2) is 0 Å². The molecule has 0 atom stereocenters. The van der Waals surface area contributed by atoms with E-state index in [2.05, 4.69) is 20.4 Å². The summed E-state index contributed by atoms with van der Waals surface area (Å²) in [5.41, 5.74) is 0.349. The summed E-state index contributed by atoms with van der Waals surface area (Å²) in [6.45, 7) is 4.46. The van der Waals surface area contributed by atoms with Gasteiger partial charge in [0.2, 0.25) is 5.89 Å². The predicted molar refractivity (Wildman–Crippen MR) is 67.8 cm³/mol. The maximum atomic E-state index is 13.6. The fourth-order valence-electron chi connectivity index (χ4n) is 2.12. The first-order chi connectivity index (χ1) is 9.33. The summed E-state index contributed by atoms with van der Waals surface area (Å²) < 4.78 is 19.1. The second kappa shape index (κ2) is 5.46.